The van der Waals surface area contributed by atoms with Crippen LogP contribution in [0.3, 0.4) is 0 Å². The van der Waals surface area contributed by atoms with Crippen molar-refractivity contribution >= 4 is 37.3 Å². The number of nitrogen functional groups attached to an aromatic ring is 1. The summed E-state index contributed by atoms with van der Waals surface area (Å²) in [5.74, 6) is -0.797. The van der Waals surface area contributed by atoms with Crippen molar-refractivity contribution in [3.8, 4) is 5.75 Å². The molecule has 0 saturated carbocycles. The molecule has 0 fully saturated rings. The number of phenols is 1. The molecule has 4 N–H and O–H groups in total. The van der Waals surface area contributed by atoms with Crippen LogP contribution >= 0.6 is 15.9 Å². The summed E-state index contributed by atoms with van der Waals surface area (Å²) in [6.45, 7) is 0. The fourth-order valence-corrected chi connectivity index (χ4v) is 2.80. The molecule has 0 aliphatic rings. The zero-order chi connectivity index (χ0) is 14.9. The molecule has 0 aromatic heterocycles. The van der Waals surface area contributed by atoms with Crippen LogP contribution < -0.4 is 10.5 Å². The highest BCUT2D eigenvalue weighted by molar-refractivity contribution is 9.10. The van der Waals surface area contributed by atoms with E-state index >= 15 is 0 Å². The van der Waals surface area contributed by atoms with Crippen molar-refractivity contribution in [3.63, 3.8) is 0 Å². The predicted molar refractivity (Wildman–Crippen MR) is 77.4 cm³/mol. The molecule has 0 aliphatic heterocycles. The summed E-state index contributed by atoms with van der Waals surface area (Å²) in [5, 5.41) is 9.27. The monoisotopic (exact) mass is 360 g/mol. The van der Waals surface area contributed by atoms with Gasteiger partial charge in [0.2, 0.25) is 0 Å². The number of anilines is 2. The summed E-state index contributed by atoms with van der Waals surface area (Å²) >= 11 is 2.97. The molecule has 2 rings (SSSR count). The van der Waals surface area contributed by atoms with Gasteiger partial charge in [-0.25, -0.2) is 12.8 Å². The molecule has 2 aromatic carbocycles. The van der Waals surface area contributed by atoms with Crippen molar-refractivity contribution in [2.75, 3.05) is 10.5 Å². The molecule has 0 amide bonds. The van der Waals surface area contributed by atoms with E-state index in [1.165, 1.54) is 24.3 Å². The average Bonchev–Trinajstić information content (AvgIpc) is 2.37. The fourth-order valence-electron chi connectivity index (χ4n) is 1.47. The second-order valence-electron chi connectivity index (χ2n) is 3.96. The third-order valence-electron chi connectivity index (χ3n) is 2.48. The minimum Gasteiger partial charge on any atom is -0.506 e. The van der Waals surface area contributed by atoms with Gasteiger partial charge in [-0.05, 0) is 52.3 Å². The van der Waals surface area contributed by atoms with Crippen LogP contribution in [-0.4, -0.2) is 13.5 Å². The maximum atomic E-state index is 13.3. The maximum Gasteiger partial charge on any atom is 0.261 e. The SMILES string of the molecule is Nc1cc(S(=O)(=O)Nc2ccc(Br)c(F)c2)ccc1O. The highest BCUT2D eigenvalue weighted by Crippen LogP contribution is 2.26. The number of halogens is 2. The number of benzene rings is 2. The molecule has 0 saturated heterocycles. The van der Waals surface area contributed by atoms with E-state index in [0.29, 0.717) is 0 Å². The van der Waals surface area contributed by atoms with Crippen LogP contribution in [-0.2, 0) is 10.0 Å². The number of aromatic hydroxyl groups is 1. The Labute approximate surface area is 123 Å². The molecule has 8 heteroatoms. The number of nitrogens with one attached hydrogen (secondary N) is 1. The second kappa shape index (κ2) is 5.29. The minimum atomic E-state index is -3.91. The Balaban J connectivity index is 2.35. The number of phenolic OH excluding ortho intramolecular Hbond substituents is 1. The fraction of sp³-hybridized carbons (Fsp3) is 0. The zero-order valence-electron chi connectivity index (χ0n) is 9.97. The molecule has 0 radical (unpaired) electrons. The van der Waals surface area contributed by atoms with E-state index in [2.05, 4.69) is 20.7 Å². The normalized spacial score (nSPS) is 11.3. The van der Waals surface area contributed by atoms with Gasteiger partial charge < -0.3 is 10.8 Å². The Morgan fingerprint density at radius 1 is 1.20 bits per heavy atom. The van der Waals surface area contributed by atoms with E-state index in [-0.39, 0.29) is 26.5 Å². The number of nitrogens with two attached hydrogens (primary N) is 1. The van der Waals surface area contributed by atoms with Crippen LogP contribution in [0.2, 0.25) is 0 Å². The minimum absolute atomic E-state index is 0.0603. The maximum absolute atomic E-state index is 13.3. The zero-order valence-corrected chi connectivity index (χ0v) is 12.4. The lowest BCUT2D eigenvalue weighted by Crippen LogP contribution is -2.13. The molecular weight excluding hydrogens is 351 g/mol. The summed E-state index contributed by atoms with van der Waals surface area (Å²) in [6, 6.07) is 7.33. The number of sulfonamides is 1. The Morgan fingerprint density at radius 3 is 2.50 bits per heavy atom. The van der Waals surface area contributed by atoms with Gasteiger partial charge >= 0.3 is 0 Å². The molecule has 20 heavy (non-hydrogen) atoms. The average molecular weight is 361 g/mol. The van der Waals surface area contributed by atoms with Crippen molar-refractivity contribution in [2.45, 2.75) is 4.90 Å². The summed E-state index contributed by atoms with van der Waals surface area (Å²) in [4.78, 5) is -0.129. The first-order chi connectivity index (χ1) is 9.29. The lowest BCUT2D eigenvalue weighted by molar-refractivity contribution is 0.477. The van der Waals surface area contributed by atoms with Crippen LogP contribution in [0.1, 0.15) is 0 Å². The second-order valence-corrected chi connectivity index (χ2v) is 6.49. The standard InChI is InChI=1S/C12H10BrFN2O3S/c13-9-3-1-7(5-10(9)14)16-20(18,19)8-2-4-12(17)11(15)6-8/h1-6,16-17H,15H2. The molecule has 0 unspecified atom stereocenters. The third-order valence-corrected chi connectivity index (χ3v) is 4.50. The van der Waals surface area contributed by atoms with E-state index in [1.54, 1.807) is 0 Å². The highest BCUT2D eigenvalue weighted by atomic mass is 79.9. The molecule has 106 valence electrons. The molecular formula is C12H10BrFN2O3S. The van der Waals surface area contributed by atoms with Crippen molar-refractivity contribution in [1.29, 1.82) is 0 Å². The lowest BCUT2D eigenvalue weighted by atomic mass is 10.3. The van der Waals surface area contributed by atoms with Gasteiger partial charge in [0, 0.05) is 0 Å². The van der Waals surface area contributed by atoms with Gasteiger partial charge in [-0.1, -0.05) is 0 Å². The molecule has 0 aliphatic carbocycles. The van der Waals surface area contributed by atoms with Crippen molar-refractivity contribution in [2.24, 2.45) is 0 Å². The number of rotatable bonds is 3. The third kappa shape index (κ3) is 3.02. The van der Waals surface area contributed by atoms with Gasteiger partial charge in [-0.3, -0.25) is 4.72 Å². The van der Waals surface area contributed by atoms with Gasteiger partial charge in [0.25, 0.3) is 10.0 Å². The Hall–Kier alpha value is -1.80. The van der Waals surface area contributed by atoms with Gasteiger partial charge in [0.15, 0.2) is 0 Å². The van der Waals surface area contributed by atoms with E-state index in [9.17, 15) is 17.9 Å². The van der Waals surface area contributed by atoms with Gasteiger partial charge in [0.05, 0.1) is 20.7 Å². The van der Waals surface area contributed by atoms with Crippen LogP contribution in [0.25, 0.3) is 0 Å². The smallest absolute Gasteiger partial charge is 0.261 e. The van der Waals surface area contributed by atoms with E-state index in [4.69, 9.17) is 5.73 Å². The molecule has 0 atom stereocenters. The predicted octanol–water partition coefficient (Wildman–Crippen LogP) is 2.68. The summed E-state index contributed by atoms with van der Waals surface area (Å²) < 4.78 is 40.0. The molecule has 5 nitrogen and oxygen atoms in total. The van der Waals surface area contributed by atoms with Crippen LogP contribution in [0, 0.1) is 5.82 Å². The highest BCUT2D eigenvalue weighted by Gasteiger charge is 2.16. The Kier molecular flexibility index (Phi) is 3.87. The van der Waals surface area contributed by atoms with Crippen LogP contribution in [0.4, 0.5) is 15.8 Å². The molecule has 0 heterocycles. The van der Waals surface area contributed by atoms with E-state index in [1.807, 2.05) is 0 Å². The van der Waals surface area contributed by atoms with E-state index < -0.39 is 15.8 Å². The molecule has 2 aromatic rings. The Bertz CT molecular complexity index is 765. The van der Waals surface area contributed by atoms with Crippen molar-refractivity contribution < 1.29 is 17.9 Å². The van der Waals surface area contributed by atoms with Crippen molar-refractivity contribution in [1.82, 2.24) is 0 Å². The van der Waals surface area contributed by atoms with Crippen molar-refractivity contribution in [3.05, 3.63) is 46.7 Å². The topological polar surface area (TPSA) is 92.4 Å². The first-order valence-electron chi connectivity index (χ1n) is 5.36. The first kappa shape index (κ1) is 14.6. The first-order valence-corrected chi connectivity index (χ1v) is 7.63. The summed E-state index contributed by atoms with van der Waals surface area (Å²) in [5.41, 5.74) is 5.47. The van der Waals surface area contributed by atoms with Gasteiger partial charge in [-0.2, -0.15) is 0 Å². The largest absolute Gasteiger partial charge is 0.506 e. The van der Waals surface area contributed by atoms with Gasteiger partial charge in [0.1, 0.15) is 11.6 Å². The van der Waals surface area contributed by atoms with Crippen LogP contribution in [0.5, 0.6) is 5.75 Å². The van der Waals surface area contributed by atoms with Crippen LogP contribution in [0.15, 0.2) is 45.8 Å². The quantitative estimate of drug-likeness (QED) is 0.579. The molecule has 0 bridgehead atoms. The summed E-state index contributed by atoms with van der Waals surface area (Å²) in [6.07, 6.45) is 0. The van der Waals surface area contributed by atoms with Gasteiger partial charge in [-0.15, -0.1) is 0 Å². The molecule has 0 spiro atoms. The lowest BCUT2D eigenvalue weighted by Gasteiger charge is -2.09. The number of hydrogen-bond acceptors (Lipinski definition) is 4. The van der Waals surface area contributed by atoms with E-state index in [0.717, 1.165) is 12.1 Å². The summed E-state index contributed by atoms with van der Waals surface area (Å²) in [7, 11) is -3.91. The Morgan fingerprint density at radius 2 is 1.90 bits per heavy atom. The number of hydrogen-bond donors (Lipinski definition) is 3.